The Labute approximate surface area is 87.0 Å². The van der Waals surface area contributed by atoms with Crippen molar-refractivity contribution in [2.24, 2.45) is 0 Å². The molecule has 0 aliphatic rings. The summed E-state index contributed by atoms with van der Waals surface area (Å²) in [6.07, 6.45) is 0.571. The standard InChI is InChI=1S/C10H10ClNO2/c11-9(7-13)10(14)12-6-8-4-2-1-3-5-8/h1-5,7,13H,6H2,(H,12,14)/b9-7+. The van der Waals surface area contributed by atoms with Crippen LogP contribution < -0.4 is 5.32 Å². The lowest BCUT2D eigenvalue weighted by molar-refractivity contribution is -0.117. The zero-order valence-electron chi connectivity index (χ0n) is 7.40. The van der Waals surface area contributed by atoms with Crippen LogP contribution in [0.1, 0.15) is 5.56 Å². The van der Waals surface area contributed by atoms with Crippen molar-refractivity contribution in [2.75, 3.05) is 0 Å². The highest BCUT2D eigenvalue weighted by Gasteiger charge is 2.04. The molecule has 0 atom stereocenters. The van der Waals surface area contributed by atoms with Crippen molar-refractivity contribution < 1.29 is 9.90 Å². The van der Waals surface area contributed by atoms with Crippen molar-refractivity contribution in [2.45, 2.75) is 6.54 Å². The van der Waals surface area contributed by atoms with E-state index in [1.165, 1.54) is 0 Å². The van der Waals surface area contributed by atoms with Gasteiger partial charge in [-0.1, -0.05) is 41.9 Å². The molecule has 2 N–H and O–H groups in total. The first kappa shape index (κ1) is 10.6. The Morgan fingerprint density at radius 1 is 1.43 bits per heavy atom. The number of amides is 1. The molecular formula is C10H10ClNO2. The van der Waals surface area contributed by atoms with Gasteiger partial charge in [0.25, 0.3) is 5.91 Å². The topological polar surface area (TPSA) is 49.3 Å². The van der Waals surface area contributed by atoms with Crippen LogP contribution in [-0.4, -0.2) is 11.0 Å². The Kier molecular flexibility index (Phi) is 4.01. The second-order valence-electron chi connectivity index (χ2n) is 2.65. The van der Waals surface area contributed by atoms with Crippen molar-refractivity contribution in [1.82, 2.24) is 5.32 Å². The van der Waals surface area contributed by atoms with Gasteiger partial charge < -0.3 is 10.4 Å². The van der Waals surface area contributed by atoms with Gasteiger partial charge in [0.15, 0.2) is 0 Å². The van der Waals surface area contributed by atoms with E-state index in [2.05, 4.69) is 5.32 Å². The number of aliphatic hydroxyl groups excluding tert-OH is 1. The second kappa shape index (κ2) is 5.29. The largest absolute Gasteiger partial charge is 0.514 e. The smallest absolute Gasteiger partial charge is 0.266 e. The minimum atomic E-state index is -0.488. The molecule has 1 aromatic rings. The number of halogens is 1. The number of nitrogens with one attached hydrogen (secondary N) is 1. The van der Waals surface area contributed by atoms with Crippen molar-refractivity contribution >= 4 is 17.5 Å². The third kappa shape index (κ3) is 3.11. The molecule has 1 rings (SSSR count). The highest BCUT2D eigenvalue weighted by atomic mass is 35.5. The predicted molar refractivity (Wildman–Crippen MR) is 54.9 cm³/mol. The summed E-state index contributed by atoms with van der Waals surface area (Å²) in [7, 11) is 0. The molecule has 0 bridgehead atoms. The maximum atomic E-state index is 11.1. The molecule has 74 valence electrons. The van der Waals surface area contributed by atoms with Gasteiger partial charge in [0.1, 0.15) is 11.3 Å². The van der Waals surface area contributed by atoms with Gasteiger partial charge in [-0.25, -0.2) is 0 Å². The Balaban J connectivity index is 2.46. The minimum Gasteiger partial charge on any atom is -0.514 e. The fraction of sp³-hybridized carbons (Fsp3) is 0.100. The van der Waals surface area contributed by atoms with Crippen LogP contribution in [-0.2, 0) is 11.3 Å². The highest BCUT2D eigenvalue weighted by Crippen LogP contribution is 2.01. The summed E-state index contributed by atoms with van der Waals surface area (Å²) in [5, 5.41) is 10.8. The molecule has 0 fully saturated rings. The third-order valence-corrected chi connectivity index (χ3v) is 1.90. The molecule has 0 heterocycles. The van der Waals surface area contributed by atoms with Crippen LogP contribution in [0, 0.1) is 0 Å². The van der Waals surface area contributed by atoms with Crippen LogP contribution in [0.4, 0.5) is 0 Å². The van der Waals surface area contributed by atoms with Gasteiger partial charge in [-0.05, 0) is 5.56 Å². The quantitative estimate of drug-likeness (QED) is 0.593. The van der Waals surface area contributed by atoms with Gasteiger partial charge >= 0.3 is 0 Å². The van der Waals surface area contributed by atoms with Crippen LogP contribution in [0.15, 0.2) is 41.6 Å². The maximum absolute atomic E-state index is 11.1. The molecule has 0 aliphatic heterocycles. The highest BCUT2D eigenvalue weighted by molar-refractivity contribution is 6.41. The Hall–Kier alpha value is -1.48. The van der Waals surface area contributed by atoms with Gasteiger partial charge in [-0.2, -0.15) is 0 Å². The lowest BCUT2D eigenvalue weighted by atomic mass is 10.2. The summed E-state index contributed by atoms with van der Waals surface area (Å²) in [6.45, 7) is 0.393. The SMILES string of the molecule is O=C(NCc1ccccc1)/C(Cl)=C\O. The van der Waals surface area contributed by atoms with Crippen molar-refractivity contribution in [1.29, 1.82) is 0 Å². The molecule has 0 unspecified atom stereocenters. The van der Waals surface area contributed by atoms with E-state index in [9.17, 15) is 4.79 Å². The number of carbonyl (C=O) groups is 1. The summed E-state index contributed by atoms with van der Waals surface area (Å²) in [6, 6.07) is 9.43. The number of benzene rings is 1. The lowest BCUT2D eigenvalue weighted by Gasteiger charge is -2.02. The van der Waals surface area contributed by atoms with Gasteiger partial charge in [0.05, 0.1) is 0 Å². The molecule has 3 nitrogen and oxygen atoms in total. The van der Waals surface area contributed by atoms with E-state index < -0.39 is 5.91 Å². The van der Waals surface area contributed by atoms with Crippen LogP contribution in [0.5, 0.6) is 0 Å². The molecule has 0 saturated heterocycles. The van der Waals surface area contributed by atoms with Crippen molar-refractivity contribution in [3.8, 4) is 0 Å². The average molecular weight is 212 g/mol. The first-order valence-corrected chi connectivity index (χ1v) is 4.44. The molecule has 0 saturated carbocycles. The lowest BCUT2D eigenvalue weighted by Crippen LogP contribution is -2.22. The third-order valence-electron chi connectivity index (χ3n) is 1.63. The van der Waals surface area contributed by atoms with Crippen LogP contribution in [0.25, 0.3) is 0 Å². The van der Waals surface area contributed by atoms with E-state index in [0.717, 1.165) is 5.56 Å². The summed E-state index contributed by atoms with van der Waals surface area (Å²) in [5.41, 5.74) is 0.975. The van der Waals surface area contributed by atoms with E-state index in [4.69, 9.17) is 16.7 Å². The molecule has 0 radical (unpaired) electrons. The predicted octanol–water partition coefficient (Wildman–Crippen LogP) is 1.94. The fourth-order valence-electron chi connectivity index (χ4n) is 0.921. The Bertz CT molecular complexity index is 335. The minimum absolute atomic E-state index is 0.221. The second-order valence-corrected chi connectivity index (χ2v) is 3.05. The van der Waals surface area contributed by atoms with E-state index in [1.807, 2.05) is 30.3 Å². The zero-order valence-corrected chi connectivity index (χ0v) is 8.16. The summed E-state index contributed by atoms with van der Waals surface area (Å²) < 4.78 is 0. The van der Waals surface area contributed by atoms with Gasteiger partial charge in [0.2, 0.25) is 0 Å². The van der Waals surface area contributed by atoms with Crippen LogP contribution in [0.3, 0.4) is 0 Å². The number of hydrogen-bond donors (Lipinski definition) is 2. The number of hydrogen-bond acceptors (Lipinski definition) is 2. The molecule has 0 aromatic heterocycles. The molecule has 0 spiro atoms. The van der Waals surface area contributed by atoms with E-state index in [1.54, 1.807) is 0 Å². The molecule has 4 heteroatoms. The normalized spacial score (nSPS) is 11.1. The monoisotopic (exact) mass is 211 g/mol. The molecule has 14 heavy (non-hydrogen) atoms. The van der Waals surface area contributed by atoms with Crippen LogP contribution in [0.2, 0.25) is 0 Å². The fourth-order valence-corrected chi connectivity index (χ4v) is 0.988. The summed E-state index contributed by atoms with van der Waals surface area (Å²) in [4.78, 5) is 11.1. The summed E-state index contributed by atoms with van der Waals surface area (Å²) in [5.74, 6) is -0.488. The molecule has 0 aliphatic carbocycles. The Morgan fingerprint density at radius 3 is 2.64 bits per heavy atom. The molecule has 1 aromatic carbocycles. The van der Waals surface area contributed by atoms with E-state index in [-0.39, 0.29) is 5.03 Å². The number of carbonyl (C=O) groups excluding carboxylic acids is 1. The van der Waals surface area contributed by atoms with Crippen LogP contribution >= 0.6 is 11.6 Å². The van der Waals surface area contributed by atoms with Gasteiger partial charge in [-0.15, -0.1) is 0 Å². The Morgan fingerprint density at radius 2 is 2.07 bits per heavy atom. The number of rotatable bonds is 3. The first-order chi connectivity index (χ1) is 6.74. The van der Waals surface area contributed by atoms with E-state index in [0.29, 0.717) is 12.8 Å². The van der Waals surface area contributed by atoms with Gasteiger partial charge in [0, 0.05) is 6.54 Å². The van der Waals surface area contributed by atoms with E-state index >= 15 is 0 Å². The van der Waals surface area contributed by atoms with Crippen molar-refractivity contribution in [3.63, 3.8) is 0 Å². The zero-order chi connectivity index (χ0) is 10.4. The van der Waals surface area contributed by atoms with Crippen molar-refractivity contribution in [3.05, 3.63) is 47.2 Å². The molecule has 1 amide bonds. The maximum Gasteiger partial charge on any atom is 0.266 e. The summed E-state index contributed by atoms with van der Waals surface area (Å²) >= 11 is 5.38. The van der Waals surface area contributed by atoms with Gasteiger partial charge in [-0.3, -0.25) is 4.79 Å². The average Bonchev–Trinajstić information content (AvgIpc) is 2.26. The molecular weight excluding hydrogens is 202 g/mol. The number of aliphatic hydroxyl groups is 1. The first-order valence-electron chi connectivity index (χ1n) is 4.06.